The molecule has 1 saturated heterocycles. The highest BCUT2D eigenvalue weighted by atomic mass is 15.2. The third-order valence-corrected chi connectivity index (χ3v) is 2.92. The molecule has 1 atom stereocenters. The van der Waals surface area contributed by atoms with E-state index in [0.717, 1.165) is 5.92 Å². The molecule has 2 nitrogen and oxygen atoms in total. The van der Waals surface area contributed by atoms with Crippen molar-refractivity contribution >= 4 is 0 Å². The second-order valence-electron chi connectivity index (χ2n) is 4.45. The molecule has 0 saturated carbocycles. The van der Waals surface area contributed by atoms with E-state index in [1.165, 1.54) is 26.1 Å². The van der Waals surface area contributed by atoms with Crippen LogP contribution in [-0.2, 0) is 0 Å². The lowest BCUT2D eigenvalue weighted by Gasteiger charge is -2.24. The van der Waals surface area contributed by atoms with Crippen molar-refractivity contribution in [2.45, 2.75) is 26.3 Å². The Kier molecular flexibility index (Phi) is 3.53. The van der Waals surface area contributed by atoms with Gasteiger partial charge in [-0.1, -0.05) is 0 Å². The maximum absolute atomic E-state index is 2.45. The van der Waals surface area contributed by atoms with Crippen molar-refractivity contribution in [1.29, 1.82) is 0 Å². The minimum absolute atomic E-state index is 0.691. The van der Waals surface area contributed by atoms with E-state index < -0.39 is 0 Å². The summed E-state index contributed by atoms with van der Waals surface area (Å²) in [6, 6.07) is 0.691. The number of likely N-dealkylation sites (tertiary alicyclic amines) is 1. The van der Waals surface area contributed by atoms with Crippen LogP contribution < -0.4 is 0 Å². The van der Waals surface area contributed by atoms with Crippen LogP contribution in [0.1, 0.15) is 20.3 Å². The van der Waals surface area contributed by atoms with Gasteiger partial charge in [0.1, 0.15) is 0 Å². The van der Waals surface area contributed by atoms with Gasteiger partial charge >= 0.3 is 0 Å². The summed E-state index contributed by atoms with van der Waals surface area (Å²) in [5.74, 6) is 0.905. The van der Waals surface area contributed by atoms with Crippen molar-refractivity contribution in [3.63, 3.8) is 0 Å². The van der Waals surface area contributed by atoms with E-state index in [-0.39, 0.29) is 0 Å². The maximum atomic E-state index is 2.45. The van der Waals surface area contributed by atoms with Crippen molar-refractivity contribution in [2.24, 2.45) is 5.92 Å². The van der Waals surface area contributed by atoms with E-state index >= 15 is 0 Å². The Balaban J connectivity index is 2.23. The van der Waals surface area contributed by atoms with Crippen molar-refractivity contribution < 1.29 is 0 Å². The molecule has 0 bridgehead atoms. The van der Waals surface area contributed by atoms with Crippen molar-refractivity contribution in [3.05, 3.63) is 0 Å². The van der Waals surface area contributed by atoms with Gasteiger partial charge in [-0.05, 0) is 46.8 Å². The Morgan fingerprint density at radius 3 is 2.58 bits per heavy atom. The van der Waals surface area contributed by atoms with Crippen LogP contribution in [0.2, 0.25) is 0 Å². The summed E-state index contributed by atoms with van der Waals surface area (Å²) in [7, 11) is 4.44. The van der Waals surface area contributed by atoms with Crippen LogP contribution in [0.4, 0.5) is 0 Å². The van der Waals surface area contributed by atoms with Crippen LogP contribution in [0, 0.1) is 5.92 Å². The monoisotopic (exact) mass is 170 g/mol. The first kappa shape index (κ1) is 10.0. The van der Waals surface area contributed by atoms with Crippen molar-refractivity contribution in [2.75, 3.05) is 33.7 Å². The molecule has 1 heterocycles. The summed E-state index contributed by atoms with van der Waals surface area (Å²) < 4.78 is 0. The first-order chi connectivity index (χ1) is 5.59. The molecule has 0 radical (unpaired) electrons. The standard InChI is InChI=1S/C10H22N2/c1-9(2)12(4)8-10-5-6-11(3)7-10/h9-10H,5-8H2,1-4H3. The lowest BCUT2D eigenvalue weighted by Crippen LogP contribution is -2.32. The lowest BCUT2D eigenvalue weighted by molar-refractivity contribution is 0.230. The quantitative estimate of drug-likeness (QED) is 0.629. The summed E-state index contributed by atoms with van der Waals surface area (Å²) in [5, 5.41) is 0. The summed E-state index contributed by atoms with van der Waals surface area (Å²) in [4.78, 5) is 4.88. The SMILES string of the molecule is CC(C)N(C)CC1CCN(C)C1. The molecule has 0 aromatic carbocycles. The van der Waals surface area contributed by atoms with E-state index in [9.17, 15) is 0 Å². The number of hydrogen-bond acceptors (Lipinski definition) is 2. The van der Waals surface area contributed by atoms with Gasteiger partial charge in [0, 0.05) is 19.1 Å². The Labute approximate surface area is 76.5 Å². The van der Waals surface area contributed by atoms with E-state index in [2.05, 4.69) is 37.7 Å². The van der Waals surface area contributed by atoms with Gasteiger partial charge in [0.2, 0.25) is 0 Å². The highest BCUT2D eigenvalue weighted by Gasteiger charge is 2.21. The van der Waals surface area contributed by atoms with Gasteiger partial charge in [-0.25, -0.2) is 0 Å². The third kappa shape index (κ3) is 2.76. The van der Waals surface area contributed by atoms with Crippen molar-refractivity contribution in [1.82, 2.24) is 9.80 Å². The van der Waals surface area contributed by atoms with Crippen LogP contribution in [-0.4, -0.2) is 49.6 Å². The topological polar surface area (TPSA) is 6.48 Å². The zero-order chi connectivity index (χ0) is 9.14. The fourth-order valence-electron chi connectivity index (χ4n) is 1.79. The van der Waals surface area contributed by atoms with Crippen molar-refractivity contribution in [3.8, 4) is 0 Å². The molecule has 72 valence electrons. The average Bonchev–Trinajstić information content (AvgIpc) is 2.35. The molecule has 1 rings (SSSR count). The zero-order valence-corrected chi connectivity index (χ0v) is 8.88. The average molecular weight is 170 g/mol. The Bertz CT molecular complexity index is 134. The molecular formula is C10H22N2. The smallest absolute Gasteiger partial charge is 0.00356 e. The highest BCUT2D eigenvalue weighted by molar-refractivity contribution is 4.75. The number of hydrogen-bond donors (Lipinski definition) is 0. The van der Waals surface area contributed by atoms with E-state index in [4.69, 9.17) is 0 Å². The predicted molar refractivity (Wildman–Crippen MR) is 53.4 cm³/mol. The van der Waals surface area contributed by atoms with E-state index in [1.54, 1.807) is 0 Å². The van der Waals surface area contributed by atoms with Gasteiger partial charge in [0.05, 0.1) is 0 Å². The van der Waals surface area contributed by atoms with Gasteiger partial charge in [-0.2, -0.15) is 0 Å². The van der Waals surface area contributed by atoms with Gasteiger partial charge in [0.25, 0.3) is 0 Å². The highest BCUT2D eigenvalue weighted by Crippen LogP contribution is 2.15. The zero-order valence-electron chi connectivity index (χ0n) is 8.88. The van der Waals surface area contributed by atoms with E-state index in [1.807, 2.05) is 0 Å². The molecule has 0 spiro atoms. The molecule has 12 heavy (non-hydrogen) atoms. The molecule has 2 heteroatoms. The fourth-order valence-corrected chi connectivity index (χ4v) is 1.79. The second-order valence-corrected chi connectivity index (χ2v) is 4.45. The van der Waals surface area contributed by atoms with Gasteiger partial charge in [-0.15, -0.1) is 0 Å². The minimum atomic E-state index is 0.691. The largest absolute Gasteiger partial charge is 0.306 e. The Morgan fingerprint density at radius 1 is 1.50 bits per heavy atom. The molecule has 1 fully saturated rings. The van der Waals surface area contributed by atoms with Gasteiger partial charge in [-0.3, -0.25) is 0 Å². The molecule has 0 amide bonds. The summed E-state index contributed by atoms with van der Waals surface area (Å²) in [6.07, 6.45) is 1.38. The van der Waals surface area contributed by atoms with Crippen LogP contribution >= 0.6 is 0 Å². The molecule has 1 aliphatic heterocycles. The molecule has 0 aliphatic carbocycles. The normalized spacial score (nSPS) is 26.0. The summed E-state index contributed by atoms with van der Waals surface area (Å²) in [6.45, 7) is 8.37. The molecule has 0 N–H and O–H groups in total. The second kappa shape index (κ2) is 4.24. The lowest BCUT2D eigenvalue weighted by atomic mass is 10.1. The van der Waals surface area contributed by atoms with Crippen LogP contribution in [0.5, 0.6) is 0 Å². The van der Waals surface area contributed by atoms with Crippen LogP contribution in [0.15, 0.2) is 0 Å². The first-order valence-electron chi connectivity index (χ1n) is 4.98. The Morgan fingerprint density at radius 2 is 2.17 bits per heavy atom. The molecular weight excluding hydrogens is 148 g/mol. The Hall–Kier alpha value is -0.0800. The molecule has 1 aliphatic rings. The van der Waals surface area contributed by atoms with E-state index in [0.29, 0.717) is 6.04 Å². The number of rotatable bonds is 3. The summed E-state index contributed by atoms with van der Waals surface area (Å²) >= 11 is 0. The molecule has 1 unspecified atom stereocenters. The van der Waals surface area contributed by atoms with Gasteiger partial charge in [0.15, 0.2) is 0 Å². The van der Waals surface area contributed by atoms with Gasteiger partial charge < -0.3 is 9.80 Å². The molecule has 0 aromatic heterocycles. The maximum Gasteiger partial charge on any atom is 0.00356 e. The van der Waals surface area contributed by atoms with Crippen LogP contribution in [0.25, 0.3) is 0 Å². The first-order valence-corrected chi connectivity index (χ1v) is 4.98. The predicted octanol–water partition coefficient (Wildman–Crippen LogP) is 1.28. The minimum Gasteiger partial charge on any atom is -0.306 e. The fraction of sp³-hybridized carbons (Fsp3) is 1.00. The third-order valence-electron chi connectivity index (χ3n) is 2.92. The number of nitrogens with zero attached hydrogens (tertiary/aromatic N) is 2. The summed E-state index contributed by atoms with van der Waals surface area (Å²) in [5.41, 5.74) is 0. The van der Waals surface area contributed by atoms with Crippen LogP contribution in [0.3, 0.4) is 0 Å². The molecule has 0 aromatic rings.